The van der Waals surface area contributed by atoms with E-state index in [1.54, 1.807) is 0 Å². The van der Waals surface area contributed by atoms with E-state index < -0.39 is 0 Å². The highest BCUT2D eigenvalue weighted by molar-refractivity contribution is 8.08. The lowest BCUT2D eigenvalue weighted by molar-refractivity contribution is 0.455. The number of hydrogen-bond donors (Lipinski definition) is 1. The van der Waals surface area contributed by atoms with Crippen LogP contribution < -0.4 is 0 Å². The molecule has 0 aromatic carbocycles. The summed E-state index contributed by atoms with van der Waals surface area (Å²) in [5, 5.41) is 9.99. The first-order chi connectivity index (χ1) is 7.10. The van der Waals surface area contributed by atoms with Gasteiger partial charge in [0.1, 0.15) is 5.84 Å². The summed E-state index contributed by atoms with van der Waals surface area (Å²) in [4.78, 5) is 2.17. The predicted molar refractivity (Wildman–Crippen MR) is 73.4 cm³/mol. The van der Waals surface area contributed by atoms with Crippen LogP contribution in [0.25, 0.3) is 0 Å². The minimum atomic E-state index is 0.404. The Labute approximate surface area is 102 Å². The molecule has 1 aliphatic rings. The van der Waals surface area contributed by atoms with Gasteiger partial charge in [-0.2, -0.15) is 11.8 Å². The van der Waals surface area contributed by atoms with Crippen LogP contribution in [0.15, 0.2) is 0 Å². The number of thioether (sulfide) groups is 2. The second kappa shape index (κ2) is 6.04. The SMILES string of the molecule is CCN(CC)C(=N)C1CSC(C)C(C)S1. The van der Waals surface area contributed by atoms with Crippen molar-refractivity contribution in [3.8, 4) is 0 Å². The van der Waals surface area contributed by atoms with Crippen molar-refractivity contribution in [1.82, 2.24) is 4.90 Å². The van der Waals surface area contributed by atoms with Crippen LogP contribution in [0.3, 0.4) is 0 Å². The van der Waals surface area contributed by atoms with Crippen LogP contribution in [-0.2, 0) is 0 Å². The maximum Gasteiger partial charge on any atom is 0.110 e. The monoisotopic (exact) mass is 246 g/mol. The van der Waals surface area contributed by atoms with Crippen LogP contribution >= 0.6 is 23.5 Å². The van der Waals surface area contributed by atoms with Crippen molar-refractivity contribution < 1.29 is 0 Å². The summed E-state index contributed by atoms with van der Waals surface area (Å²) >= 11 is 3.99. The van der Waals surface area contributed by atoms with Gasteiger partial charge in [-0.3, -0.25) is 5.41 Å². The van der Waals surface area contributed by atoms with Crippen LogP contribution in [0.5, 0.6) is 0 Å². The third kappa shape index (κ3) is 3.31. The summed E-state index contributed by atoms with van der Waals surface area (Å²) in [6.45, 7) is 10.8. The molecule has 0 aromatic rings. The molecule has 1 saturated heterocycles. The number of amidine groups is 1. The Kier molecular flexibility index (Phi) is 5.33. The topological polar surface area (TPSA) is 27.1 Å². The average molecular weight is 246 g/mol. The largest absolute Gasteiger partial charge is 0.360 e. The van der Waals surface area contributed by atoms with E-state index in [0.29, 0.717) is 10.5 Å². The van der Waals surface area contributed by atoms with Crippen LogP contribution in [0.4, 0.5) is 0 Å². The molecule has 0 radical (unpaired) electrons. The zero-order valence-corrected chi connectivity index (χ0v) is 11.8. The second-order valence-electron chi connectivity index (χ2n) is 3.93. The molecular formula is C11H22N2S2. The molecular weight excluding hydrogens is 224 g/mol. The van der Waals surface area contributed by atoms with Gasteiger partial charge in [0.2, 0.25) is 0 Å². The summed E-state index contributed by atoms with van der Waals surface area (Å²) in [5.41, 5.74) is 0. The lowest BCUT2D eigenvalue weighted by atomic mass is 10.3. The number of nitrogens with one attached hydrogen (secondary N) is 1. The third-order valence-electron chi connectivity index (χ3n) is 2.96. The summed E-state index contributed by atoms with van der Waals surface area (Å²) < 4.78 is 0. The quantitative estimate of drug-likeness (QED) is 0.613. The molecule has 0 amide bonds. The van der Waals surface area contributed by atoms with Crippen molar-refractivity contribution in [2.45, 2.75) is 43.4 Å². The molecule has 2 nitrogen and oxygen atoms in total. The van der Waals surface area contributed by atoms with Crippen LogP contribution in [0.2, 0.25) is 0 Å². The Morgan fingerprint density at radius 2 is 1.87 bits per heavy atom. The molecule has 1 heterocycles. The van der Waals surface area contributed by atoms with Gasteiger partial charge in [0, 0.05) is 29.3 Å². The van der Waals surface area contributed by atoms with Gasteiger partial charge in [0.15, 0.2) is 0 Å². The van der Waals surface area contributed by atoms with Crippen LogP contribution in [0, 0.1) is 5.41 Å². The van der Waals surface area contributed by atoms with E-state index in [9.17, 15) is 0 Å². The smallest absolute Gasteiger partial charge is 0.110 e. The highest BCUT2D eigenvalue weighted by atomic mass is 32.2. The Balaban J connectivity index is 2.53. The minimum Gasteiger partial charge on any atom is -0.360 e. The Hall–Kier alpha value is 0.170. The lowest BCUT2D eigenvalue weighted by Gasteiger charge is -2.35. The van der Waals surface area contributed by atoms with Crippen molar-refractivity contribution >= 4 is 29.4 Å². The third-order valence-corrected chi connectivity index (χ3v) is 6.36. The van der Waals surface area contributed by atoms with Crippen LogP contribution in [-0.4, -0.2) is 45.3 Å². The van der Waals surface area contributed by atoms with Gasteiger partial charge in [-0.15, -0.1) is 11.8 Å². The Morgan fingerprint density at radius 3 is 2.33 bits per heavy atom. The van der Waals surface area contributed by atoms with E-state index in [1.165, 1.54) is 0 Å². The Bertz CT molecular complexity index is 217. The highest BCUT2D eigenvalue weighted by Crippen LogP contribution is 2.36. The first-order valence-corrected chi connectivity index (χ1v) is 7.69. The average Bonchev–Trinajstić information content (AvgIpc) is 2.23. The summed E-state index contributed by atoms with van der Waals surface area (Å²) in [6, 6.07) is 0. The van der Waals surface area contributed by atoms with Gasteiger partial charge < -0.3 is 4.90 Å². The fraction of sp³-hybridized carbons (Fsp3) is 0.909. The van der Waals surface area contributed by atoms with Crippen molar-refractivity contribution in [3.05, 3.63) is 0 Å². The van der Waals surface area contributed by atoms with Crippen LogP contribution in [0.1, 0.15) is 27.7 Å². The predicted octanol–water partition coefficient (Wildman–Crippen LogP) is 2.93. The summed E-state index contributed by atoms with van der Waals surface area (Å²) in [6.07, 6.45) is 0. The molecule has 1 aliphatic heterocycles. The fourth-order valence-electron chi connectivity index (χ4n) is 1.70. The fourth-order valence-corrected chi connectivity index (χ4v) is 4.60. The maximum absolute atomic E-state index is 8.19. The van der Waals surface area contributed by atoms with Crippen molar-refractivity contribution in [1.29, 1.82) is 5.41 Å². The van der Waals surface area contributed by atoms with Gasteiger partial charge in [0.25, 0.3) is 0 Å². The van der Waals surface area contributed by atoms with Gasteiger partial charge >= 0.3 is 0 Å². The van der Waals surface area contributed by atoms with E-state index in [0.717, 1.165) is 29.9 Å². The van der Waals surface area contributed by atoms with E-state index in [2.05, 4.69) is 32.6 Å². The van der Waals surface area contributed by atoms with E-state index in [-0.39, 0.29) is 0 Å². The standard InChI is InChI=1S/C11H22N2S2/c1-5-13(6-2)11(12)10-7-14-8(3)9(4)15-10/h8-10,12H,5-7H2,1-4H3. The molecule has 0 spiro atoms. The zero-order valence-electron chi connectivity index (χ0n) is 10.1. The first-order valence-electron chi connectivity index (χ1n) is 5.70. The molecule has 1 N–H and O–H groups in total. The van der Waals surface area contributed by atoms with E-state index >= 15 is 0 Å². The minimum absolute atomic E-state index is 0.404. The van der Waals surface area contributed by atoms with Crippen molar-refractivity contribution in [2.24, 2.45) is 0 Å². The number of nitrogens with zero attached hydrogens (tertiary/aromatic N) is 1. The van der Waals surface area contributed by atoms with Crippen molar-refractivity contribution in [2.75, 3.05) is 18.8 Å². The molecule has 15 heavy (non-hydrogen) atoms. The van der Waals surface area contributed by atoms with Gasteiger partial charge in [-0.1, -0.05) is 13.8 Å². The van der Waals surface area contributed by atoms with E-state index in [1.807, 2.05) is 23.5 Å². The summed E-state index contributed by atoms with van der Waals surface area (Å²) in [7, 11) is 0. The van der Waals surface area contributed by atoms with Gasteiger partial charge in [-0.05, 0) is 13.8 Å². The maximum atomic E-state index is 8.19. The summed E-state index contributed by atoms with van der Waals surface area (Å²) in [5.74, 6) is 1.93. The molecule has 1 fully saturated rings. The molecule has 4 heteroatoms. The number of rotatable bonds is 3. The molecule has 0 saturated carbocycles. The first kappa shape index (κ1) is 13.2. The van der Waals surface area contributed by atoms with Gasteiger partial charge in [-0.25, -0.2) is 0 Å². The molecule has 3 unspecified atom stereocenters. The number of hydrogen-bond acceptors (Lipinski definition) is 3. The highest BCUT2D eigenvalue weighted by Gasteiger charge is 2.29. The molecule has 88 valence electrons. The molecule has 0 bridgehead atoms. The van der Waals surface area contributed by atoms with E-state index in [4.69, 9.17) is 5.41 Å². The molecule has 3 atom stereocenters. The molecule has 0 aliphatic carbocycles. The van der Waals surface area contributed by atoms with Gasteiger partial charge in [0.05, 0.1) is 5.25 Å². The zero-order chi connectivity index (χ0) is 11.4. The normalized spacial score (nSPS) is 31.3. The lowest BCUT2D eigenvalue weighted by Crippen LogP contribution is -2.41. The Morgan fingerprint density at radius 1 is 1.27 bits per heavy atom. The molecule has 0 aromatic heterocycles. The molecule has 1 rings (SSSR count). The second-order valence-corrected chi connectivity index (χ2v) is 6.92. The van der Waals surface area contributed by atoms with Crippen molar-refractivity contribution in [3.63, 3.8) is 0 Å².